The highest BCUT2D eigenvalue weighted by Gasteiger charge is 2.20. The lowest BCUT2D eigenvalue weighted by Gasteiger charge is -2.21. The van der Waals surface area contributed by atoms with Gasteiger partial charge in [0.1, 0.15) is 11.6 Å². The van der Waals surface area contributed by atoms with Crippen LogP contribution < -0.4 is 22.0 Å². The van der Waals surface area contributed by atoms with Crippen LogP contribution in [0.3, 0.4) is 0 Å². The summed E-state index contributed by atoms with van der Waals surface area (Å²) in [4.78, 5) is 50.5. The highest BCUT2D eigenvalue weighted by atomic mass is 16.6. The lowest BCUT2D eigenvalue weighted by molar-refractivity contribution is -0.122. The monoisotopic (exact) mass is 339 g/mol. The second-order valence-corrected chi connectivity index (χ2v) is 6.05. The third kappa shape index (κ3) is 6.07. The Morgan fingerprint density at radius 1 is 1.25 bits per heavy atom. The Morgan fingerprint density at radius 3 is 2.42 bits per heavy atom. The van der Waals surface area contributed by atoms with Gasteiger partial charge in [0, 0.05) is 5.69 Å². The van der Waals surface area contributed by atoms with E-state index < -0.39 is 34.9 Å². The van der Waals surface area contributed by atoms with E-state index in [9.17, 15) is 19.2 Å². The van der Waals surface area contributed by atoms with Crippen LogP contribution in [0, 0.1) is 6.92 Å². The average molecular weight is 339 g/mol. The molecule has 0 aliphatic heterocycles. The smallest absolute Gasteiger partial charge is 0.408 e. The van der Waals surface area contributed by atoms with Crippen molar-refractivity contribution in [2.45, 2.75) is 46.3 Å². The number of aromatic nitrogens is 2. The summed E-state index contributed by atoms with van der Waals surface area (Å²) in [6, 6.07) is -0.896. The van der Waals surface area contributed by atoms with E-state index in [1.165, 1.54) is 13.8 Å². The first-order chi connectivity index (χ1) is 11.0. The molecule has 2 amide bonds. The van der Waals surface area contributed by atoms with Crippen molar-refractivity contribution in [1.29, 1.82) is 0 Å². The number of aromatic amines is 2. The van der Waals surface area contributed by atoms with Crippen LogP contribution in [0.15, 0.2) is 14.7 Å². The minimum atomic E-state index is -0.896. The van der Waals surface area contributed by atoms with Crippen molar-refractivity contribution in [2.24, 2.45) is 5.10 Å². The number of nitrogens with one attached hydrogen (secondary N) is 4. The number of carbonyl (C=O) groups excluding carboxylic acids is 2. The number of H-pyrrole nitrogens is 2. The zero-order valence-corrected chi connectivity index (χ0v) is 14.1. The van der Waals surface area contributed by atoms with E-state index in [1.807, 2.05) is 4.98 Å². The Morgan fingerprint density at radius 2 is 1.88 bits per heavy atom. The molecular formula is C14H21N5O5. The molecule has 24 heavy (non-hydrogen) atoms. The highest BCUT2D eigenvalue weighted by Crippen LogP contribution is 2.06. The maximum Gasteiger partial charge on any atom is 0.408 e. The van der Waals surface area contributed by atoms with Crippen molar-refractivity contribution < 1.29 is 14.3 Å². The highest BCUT2D eigenvalue weighted by molar-refractivity contribution is 5.87. The number of rotatable bonds is 4. The third-order valence-electron chi connectivity index (χ3n) is 2.67. The fourth-order valence-electron chi connectivity index (χ4n) is 1.57. The van der Waals surface area contributed by atoms with Crippen LogP contribution in [0.4, 0.5) is 4.79 Å². The molecule has 4 N–H and O–H groups in total. The second-order valence-electron chi connectivity index (χ2n) is 6.05. The van der Waals surface area contributed by atoms with E-state index in [4.69, 9.17) is 4.74 Å². The van der Waals surface area contributed by atoms with Gasteiger partial charge in [-0.1, -0.05) is 0 Å². The summed E-state index contributed by atoms with van der Waals surface area (Å²) in [6.45, 7) is 8.07. The minimum Gasteiger partial charge on any atom is -0.444 e. The first-order valence-electron chi connectivity index (χ1n) is 7.15. The van der Waals surface area contributed by atoms with Crippen LogP contribution >= 0.6 is 0 Å². The van der Waals surface area contributed by atoms with Crippen molar-refractivity contribution in [3.63, 3.8) is 0 Å². The van der Waals surface area contributed by atoms with Crippen LogP contribution in [-0.2, 0) is 9.53 Å². The number of amides is 2. The molecule has 0 bridgehead atoms. The van der Waals surface area contributed by atoms with Gasteiger partial charge in [-0.15, -0.1) is 0 Å². The van der Waals surface area contributed by atoms with Gasteiger partial charge in [0.2, 0.25) is 0 Å². The summed E-state index contributed by atoms with van der Waals surface area (Å²) in [5.74, 6) is -0.601. The van der Waals surface area contributed by atoms with Crippen molar-refractivity contribution in [1.82, 2.24) is 20.7 Å². The molecule has 10 heteroatoms. The quantitative estimate of drug-likeness (QED) is 0.441. The zero-order chi connectivity index (χ0) is 18.5. The second kappa shape index (κ2) is 7.57. The summed E-state index contributed by atoms with van der Waals surface area (Å²) in [5, 5.41) is 5.99. The van der Waals surface area contributed by atoms with E-state index in [-0.39, 0.29) is 5.56 Å². The zero-order valence-electron chi connectivity index (χ0n) is 14.1. The lowest BCUT2D eigenvalue weighted by atomic mass is 10.2. The molecule has 10 nitrogen and oxygen atoms in total. The molecule has 0 aromatic carbocycles. The maximum absolute atomic E-state index is 11.8. The number of hydrazone groups is 1. The largest absolute Gasteiger partial charge is 0.444 e. The Bertz CT molecular complexity index is 756. The summed E-state index contributed by atoms with van der Waals surface area (Å²) in [7, 11) is 0. The van der Waals surface area contributed by atoms with E-state index in [0.29, 0.717) is 5.69 Å². The summed E-state index contributed by atoms with van der Waals surface area (Å²) in [6.07, 6.45) is 0.365. The standard InChI is InChI=1S/C14H21N5O5/c1-7-9(11(21)18-12(22)16-7)6-15-19-10(20)8(2)17-13(23)24-14(3,4)5/h6,8H,1-5H3,(H,17,23)(H,19,20)(H2,16,18,21,22)/t8-/m0/s1. The Kier molecular flexibility index (Phi) is 6.04. The van der Waals surface area contributed by atoms with Gasteiger partial charge in [0.25, 0.3) is 11.5 Å². The molecular weight excluding hydrogens is 318 g/mol. The molecule has 1 atom stereocenters. The van der Waals surface area contributed by atoms with Crippen LogP contribution in [0.25, 0.3) is 0 Å². The SMILES string of the molecule is Cc1[nH]c(=O)[nH]c(=O)c1C=NNC(=O)[C@H](C)NC(=O)OC(C)(C)C. The molecule has 0 saturated carbocycles. The topological polar surface area (TPSA) is 146 Å². The molecule has 0 unspecified atom stereocenters. The van der Waals surface area contributed by atoms with Crippen molar-refractivity contribution in [2.75, 3.05) is 0 Å². The number of hydrogen-bond donors (Lipinski definition) is 4. The first kappa shape index (κ1) is 19.1. The molecule has 1 rings (SSSR count). The van der Waals surface area contributed by atoms with Crippen LogP contribution in [0.2, 0.25) is 0 Å². The van der Waals surface area contributed by atoms with Gasteiger partial charge in [-0.05, 0) is 34.6 Å². The molecule has 0 spiro atoms. The van der Waals surface area contributed by atoms with E-state index in [1.54, 1.807) is 20.8 Å². The molecule has 132 valence electrons. The number of carbonyl (C=O) groups is 2. The molecule has 1 aromatic heterocycles. The fourth-order valence-corrected chi connectivity index (χ4v) is 1.57. The molecule has 0 aliphatic rings. The number of alkyl carbamates (subject to hydrolysis) is 1. The fraction of sp³-hybridized carbons (Fsp3) is 0.500. The van der Waals surface area contributed by atoms with Crippen molar-refractivity contribution >= 4 is 18.2 Å². The Balaban J connectivity index is 2.64. The minimum absolute atomic E-state index is 0.0997. The summed E-state index contributed by atoms with van der Waals surface area (Å²) in [5.41, 5.74) is 0.650. The van der Waals surface area contributed by atoms with E-state index in [2.05, 4.69) is 20.8 Å². The van der Waals surface area contributed by atoms with E-state index >= 15 is 0 Å². The summed E-state index contributed by atoms with van der Waals surface area (Å²) >= 11 is 0. The van der Waals surface area contributed by atoms with Crippen molar-refractivity contribution in [3.05, 3.63) is 32.1 Å². The van der Waals surface area contributed by atoms with Gasteiger partial charge < -0.3 is 15.0 Å². The molecule has 0 radical (unpaired) electrons. The van der Waals surface area contributed by atoms with Gasteiger partial charge >= 0.3 is 11.8 Å². The van der Waals surface area contributed by atoms with Crippen LogP contribution in [-0.4, -0.2) is 39.8 Å². The third-order valence-corrected chi connectivity index (χ3v) is 2.67. The number of ether oxygens (including phenoxy) is 1. The van der Waals surface area contributed by atoms with E-state index in [0.717, 1.165) is 6.21 Å². The van der Waals surface area contributed by atoms with Crippen LogP contribution in [0.1, 0.15) is 39.0 Å². The van der Waals surface area contributed by atoms with Gasteiger partial charge in [0.15, 0.2) is 0 Å². The molecule has 1 aromatic rings. The Labute approximate surface area is 137 Å². The predicted octanol–water partition coefficient (Wildman–Crippen LogP) is -0.265. The molecule has 0 saturated heterocycles. The first-order valence-corrected chi connectivity index (χ1v) is 7.15. The normalized spacial score (nSPS) is 12.7. The van der Waals surface area contributed by atoms with Gasteiger partial charge in [-0.25, -0.2) is 15.0 Å². The summed E-state index contributed by atoms with van der Waals surface area (Å²) < 4.78 is 5.03. The molecule has 0 fully saturated rings. The number of hydrogen-bond acceptors (Lipinski definition) is 6. The predicted molar refractivity (Wildman–Crippen MR) is 87.0 cm³/mol. The van der Waals surface area contributed by atoms with Crippen molar-refractivity contribution in [3.8, 4) is 0 Å². The van der Waals surface area contributed by atoms with Gasteiger partial charge in [-0.3, -0.25) is 14.6 Å². The number of aryl methyl sites for hydroxylation is 1. The average Bonchev–Trinajstić information content (AvgIpc) is 2.38. The maximum atomic E-state index is 11.8. The number of nitrogens with zero attached hydrogens (tertiary/aromatic N) is 1. The van der Waals surface area contributed by atoms with Gasteiger partial charge in [-0.2, -0.15) is 5.10 Å². The lowest BCUT2D eigenvalue weighted by Crippen LogP contribution is -2.45. The van der Waals surface area contributed by atoms with Crippen LogP contribution in [0.5, 0.6) is 0 Å². The van der Waals surface area contributed by atoms with Gasteiger partial charge in [0.05, 0.1) is 11.8 Å². The molecule has 0 aliphatic carbocycles. The Hall–Kier alpha value is -2.91. The molecule has 1 heterocycles.